The van der Waals surface area contributed by atoms with Gasteiger partial charge < -0.3 is 21.1 Å². The van der Waals surface area contributed by atoms with Gasteiger partial charge in [0.15, 0.2) is 0 Å². The highest BCUT2D eigenvalue weighted by molar-refractivity contribution is 5.83. The minimum atomic E-state index is -1.05. The quantitative estimate of drug-likeness (QED) is 0.522. The van der Waals surface area contributed by atoms with Crippen LogP contribution in [0.2, 0.25) is 0 Å². The Labute approximate surface area is 92.8 Å². The van der Waals surface area contributed by atoms with E-state index in [1.54, 1.807) is 18.5 Å². The highest BCUT2D eigenvalue weighted by atomic mass is 16.4. The summed E-state index contributed by atoms with van der Waals surface area (Å²) in [5.41, 5.74) is 6.04. The van der Waals surface area contributed by atoms with E-state index >= 15 is 0 Å². The molecule has 1 amide bonds. The molecule has 0 fully saturated rings. The van der Waals surface area contributed by atoms with Crippen LogP contribution in [0.3, 0.4) is 0 Å². The number of hydrogen-bond acceptors (Lipinski definition) is 3. The lowest BCUT2D eigenvalue weighted by atomic mass is 10.1. The van der Waals surface area contributed by atoms with Gasteiger partial charge in [0.2, 0.25) is 5.91 Å². The molecule has 0 aromatic carbocycles. The van der Waals surface area contributed by atoms with Crippen molar-refractivity contribution >= 4 is 11.9 Å². The lowest BCUT2D eigenvalue weighted by Crippen LogP contribution is -2.42. The number of H-pyrrole nitrogens is 1. The molecule has 88 valence electrons. The maximum atomic E-state index is 11.2. The number of aliphatic carboxylic acids is 1. The zero-order chi connectivity index (χ0) is 12.0. The molecule has 1 heterocycles. The van der Waals surface area contributed by atoms with Gasteiger partial charge >= 0.3 is 5.97 Å². The van der Waals surface area contributed by atoms with Gasteiger partial charge in [0.1, 0.15) is 6.04 Å². The molecule has 16 heavy (non-hydrogen) atoms. The Morgan fingerprint density at radius 1 is 1.56 bits per heavy atom. The third-order valence-electron chi connectivity index (χ3n) is 2.11. The van der Waals surface area contributed by atoms with Crippen molar-refractivity contribution in [2.24, 2.45) is 5.73 Å². The van der Waals surface area contributed by atoms with Gasteiger partial charge in [-0.25, -0.2) is 4.79 Å². The van der Waals surface area contributed by atoms with Crippen molar-refractivity contribution in [3.8, 4) is 0 Å². The number of carboxylic acids is 1. The maximum Gasteiger partial charge on any atom is 0.326 e. The van der Waals surface area contributed by atoms with Crippen molar-refractivity contribution in [3.63, 3.8) is 0 Å². The molecule has 0 aliphatic rings. The Morgan fingerprint density at radius 2 is 2.31 bits per heavy atom. The van der Waals surface area contributed by atoms with Crippen LogP contribution in [0, 0.1) is 0 Å². The van der Waals surface area contributed by atoms with Gasteiger partial charge in [-0.3, -0.25) is 4.79 Å². The molecule has 0 spiro atoms. The van der Waals surface area contributed by atoms with Crippen LogP contribution in [0.4, 0.5) is 0 Å². The molecule has 5 N–H and O–H groups in total. The molecule has 0 saturated heterocycles. The third-order valence-corrected chi connectivity index (χ3v) is 2.11. The van der Waals surface area contributed by atoms with Crippen LogP contribution in [0.25, 0.3) is 0 Å². The second-order valence-corrected chi connectivity index (χ2v) is 3.42. The number of amides is 1. The Hall–Kier alpha value is -1.82. The summed E-state index contributed by atoms with van der Waals surface area (Å²) in [6.07, 6.45) is 3.80. The van der Waals surface area contributed by atoms with Crippen LogP contribution in [0.15, 0.2) is 18.5 Å². The lowest BCUT2D eigenvalue weighted by molar-refractivity contribution is -0.141. The standard InChI is InChI=1S/C10H15N3O3/c11-3-1-9(14)13-8(10(15)16)5-7-2-4-12-6-7/h2,4,6,8,12H,1,3,5,11H2,(H,13,14)(H,15,16)/t8-/m0/s1. The fourth-order valence-corrected chi connectivity index (χ4v) is 1.32. The van der Waals surface area contributed by atoms with Crippen molar-refractivity contribution in [3.05, 3.63) is 24.0 Å². The summed E-state index contributed by atoms with van der Waals surface area (Å²) in [4.78, 5) is 25.0. The molecule has 0 saturated carbocycles. The Balaban J connectivity index is 2.54. The molecule has 1 rings (SSSR count). The molecule has 0 aliphatic heterocycles. The number of aromatic nitrogens is 1. The third kappa shape index (κ3) is 3.74. The fourth-order valence-electron chi connectivity index (χ4n) is 1.32. The molecule has 1 aromatic rings. The summed E-state index contributed by atoms with van der Waals surface area (Å²) in [5.74, 6) is -1.39. The van der Waals surface area contributed by atoms with E-state index in [-0.39, 0.29) is 25.3 Å². The number of carbonyl (C=O) groups excluding carboxylic acids is 1. The molecular weight excluding hydrogens is 210 g/mol. The Kier molecular flexibility index (Phi) is 4.53. The Bertz CT molecular complexity index is 348. The predicted octanol–water partition coefficient (Wildman–Crippen LogP) is -0.525. The monoisotopic (exact) mass is 225 g/mol. The second kappa shape index (κ2) is 5.92. The summed E-state index contributed by atoms with van der Waals surface area (Å²) in [7, 11) is 0. The zero-order valence-electron chi connectivity index (χ0n) is 8.77. The van der Waals surface area contributed by atoms with E-state index in [2.05, 4.69) is 10.3 Å². The minimum absolute atomic E-state index is 0.136. The first kappa shape index (κ1) is 12.3. The number of carboxylic acid groups (broad SMARTS) is 1. The molecular formula is C10H15N3O3. The van der Waals surface area contributed by atoms with Crippen LogP contribution in [0.1, 0.15) is 12.0 Å². The Morgan fingerprint density at radius 3 is 2.81 bits per heavy atom. The van der Waals surface area contributed by atoms with E-state index < -0.39 is 12.0 Å². The number of nitrogens with two attached hydrogens (primary N) is 1. The van der Waals surface area contributed by atoms with Crippen LogP contribution in [-0.2, 0) is 16.0 Å². The van der Waals surface area contributed by atoms with Gasteiger partial charge in [0.05, 0.1) is 0 Å². The lowest BCUT2D eigenvalue weighted by Gasteiger charge is -2.13. The molecule has 1 atom stereocenters. The molecule has 6 heteroatoms. The summed E-state index contributed by atoms with van der Waals surface area (Å²) < 4.78 is 0. The molecule has 0 bridgehead atoms. The molecule has 6 nitrogen and oxygen atoms in total. The maximum absolute atomic E-state index is 11.2. The number of aromatic amines is 1. The van der Waals surface area contributed by atoms with E-state index in [9.17, 15) is 9.59 Å². The van der Waals surface area contributed by atoms with E-state index in [4.69, 9.17) is 10.8 Å². The summed E-state index contributed by atoms with van der Waals surface area (Å²) in [6.45, 7) is 0.211. The van der Waals surface area contributed by atoms with E-state index in [1.807, 2.05) is 0 Å². The van der Waals surface area contributed by atoms with Crippen LogP contribution < -0.4 is 11.1 Å². The molecule has 0 aliphatic carbocycles. The normalized spacial score (nSPS) is 12.1. The largest absolute Gasteiger partial charge is 0.480 e. The minimum Gasteiger partial charge on any atom is -0.480 e. The van der Waals surface area contributed by atoms with Crippen molar-refractivity contribution in [1.82, 2.24) is 10.3 Å². The summed E-state index contributed by atoms with van der Waals surface area (Å²) in [6, 6.07) is 0.861. The molecule has 0 unspecified atom stereocenters. The van der Waals surface area contributed by atoms with Gasteiger partial charge in [-0.1, -0.05) is 0 Å². The van der Waals surface area contributed by atoms with Gasteiger partial charge in [0.25, 0.3) is 0 Å². The van der Waals surface area contributed by atoms with E-state index in [0.717, 1.165) is 5.56 Å². The fraction of sp³-hybridized carbons (Fsp3) is 0.400. The van der Waals surface area contributed by atoms with Gasteiger partial charge in [-0.2, -0.15) is 0 Å². The first-order valence-electron chi connectivity index (χ1n) is 4.97. The molecule has 0 radical (unpaired) electrons. The number of carbonyl (C=O) groups is 2. The predicted molar refractivity (Wildman–Crippen MR) is 57.7 cm³/mol. The van der Waals surface area contributed by atoms with E-state index in [0.29, 0.717) is 0 Å². The highest BCUT2D eigenvalue weighted by Gasteiger charge is 2.19. The van der Waals surface area contributed by atoms with Crippen molar-refractivity contribution in [1.29, 1.82) is 0 Å². The van der Waals surface area contributed by atoms with Crippen molar-refractivity contribution in [2.45, 2.75) is 18.9 Å². The SMILES string of the molecule is NCCC(=O)N[C@@H](Cc1cc[nH]c1)C(=O)O. The first-order chi connectivity index (χ1) is 7.63. The topological polar surface area (TPSA) is 108 Å². The van der Waals surface area contributed by atoms with Crippen molar-refractivity contribution < 1.29 is 14.7 Å². The van der Waals surface area contributed by atoms with Crippen molar-refractivity contribution in [2.75, 3.05) is 6.54 Å². The van der Waals surface area contributed by atoms with Crippen LogP contribution in [0.5, 0.6) is 0 Å². The second-order valence-electron chi connectivity index (χ2n) is 3.42. The average molecular weight is 225 g/mol. The summed E-state index contributed by atoms with van der Waals surface area (Å²) >= 11 is 0. The van der Waals surface area contributed by atoms with Crippen LogP contribution >= 0.6 is 0 Å². The van der Waals surface area contributed by atoms with Gasteiger partial charge in [-0.05, 0) is 11.6 Å². The first-order valence-corrected chi connectivity index (χ1v) is 4.97. The average Bonchev–Trinajstić information content (AvgIpc) is 2.69. The van der Waals surface area contributed by atoms with Gasteiger partial charge in [0, 0.05) is 31.8 Å². The number of hydrogen-bond donors (Lipinski definition) is 4. The van der Waals surface area contributed by atoms with E-state index in [1.165, 1.54) is 0 Å². The summed E-state index contributed by atoms with van der Waals surface area (Å²) in [5, 5.41) is 11.4. The smallest absolute Gasteiger partial charge is 0.326 e. The number of rotatable bonds is 6. The van der Waals surface area contributed by atoms with Gasteiger partial charge in [-0.15, -0.1) is 0 Å². The highest BCUT2D eigenvalue weighted by Crippen LogP contribution is 2.02. The molecule has 1 aromatic heterocycles. The van der Waals surface area contributed by atoms with Crippen LogP contribution in [-0.4, -0.2) is 34.6 Å². The zero-order valence-corrected chi connectivity index (χ0v) is 8.77. The number of nitrogens with one attached hydrogen (secondary N) is 2.